The van der Waals surface area contributed by atoms with Gasteiger partial charge in [-0.25, -0.2) is 4.39 Å². The second-order valence-electron chi connectivity index (χ2n) is 6.24. The van der Waals surface area contributed by atoms with Gasteiger partial charge in [-0.2, -0.15) is 0 Å². The summed E-state index contributed by atoms with van der Waals surface area (Å²) in [6.45, 7) is 4.30. The summed E-state index contributed by atoms with van der Waals surface area (Å²) >= 11 is 1.43. The molecule has 0 aliphatic carbocycles. The molecule has 0 saturated carbocycles. The van der Waals surface area contributed by atoms with Gasteiger partial charge < -0.3 is 5.32 Å². The van der Waals surface area contributed by atoms with E-state index in [1.165, 1.54) is 17.8 Å². The number of hydrogen-bond acceptors (Lipinski definition) is 2. The standard InChI is InChI=1S/C20H24FNOS/c1-15(2)12-19(16-8-4-3-5-9-16)22-20(23)14-24-13-17-10-6-7-11-18(17)21/h3-11,15,19H,12-14H2,1-2H3,(H,22,23)/t19-/m0/s1. The fraction of sp³-hybridized carbons (Fsp3) is 0.350. The third-order valence-corrected chi connectivity index (χ3v) is 4.67. The second kappa shape index (κ2) is 9.48. The lowest BCUT2D eigenvalue weighted by Gasteiger charge is -2.21. The molecule has 0 fully saturated rings. The number of carbonyl (C=O) groups excluding carboxylic acids is 1. The first kappa shape index (κ1) is 18.5. The topological polar surface area (TPSA) is 29.1 Å². The van der Waals surface area contributed by atoms with Crippen molar-refractivity contribution in [2.24, 2.45) is 5.92 Å². The summed E-state index contributed by atoms with van der Waals surface area (Å²) in [5.74, 6) is 1.09. The van der Waals surface area contributed by atoms with Gasteiger partial charge in [-0.3, -0.25) is 4.79 Å². The Labute approximate surface area is 147 Å². The van der Waals surface area contributed by atoms with Gasteiger partial charge >= 0.3 is 0 Å². The molecule has 0 radical (unpaired) electrons. The van der Waals surface area contributed by atoms with Crippen molar-refractivity contribution in [3.63, 3.8) is 0 Å². The molecular weight excluding hydrogens is 321 g/mol. The van der Waals surface area contributed by atoms with E-state index in [0.29, 0.717) is 23.0 Å². The monoisotopic (exact) mass is 345 g/mol. The molecular formula is C20H24FNOS. The van der Waals surface area contributed by atoms with Gasteiger partial charge in [-0.15, -0.1) is 11.8 Å². The highest BCUT2D eigenvalue weighted by Crippen LogP contribution is 2.22. The largest absolute Gasteiger partial charge is 0.349 e. The van der Waals surface area contributed by atoms with Crippen molar-refractivity contribution in [3.05, 3.63) is 71.5 Å². The highest BCUT2D eigenvalue weighted by molar-refractivity contribution is 7.99. The minimum Gasteiger partial charge on any atom is -0.349 e. The predicted octanol–water partition coefficient (Wildman–Crippen LogP) is 4.96. The Morgan fingerprint density at radius 3 is 2.42 bits per heavy atom. The second-order valence-corrected chi connectivity index (χ2v) is 7.23. The Balaban J connectivity index is 1.87. The molecule has 0 bridgehead atoms. The van der Waals surface area contributed by atoms with Crippen LogP contribution in [0.4, 0.5) is 4.39 Å². The Kier molecular flexibility index (Phi) is 7.32. The average molecular weight is 345 g/mol. The number of rotatable bonds is 8. The molecule has 0 saturated heterocycles. The van der Waals surface area contributed by atoms with Crippen molar-refractivity contribution < 1.29 is 9.18 Å². The third kappa shape index (κ3) is 6.00. The summed E-state index contributed by atoms with van der Waals surface area (Å²) in [6, 6.07) is 16.7. The molecule has 128 valence electrons. The molecule has 4 heteroatoms. The van der Waals surface area contributed by atoms with Crippen LogP contribution in [-0.4, -0.2) is 11.7 Å². The zero-order valence-corrected chi connectivity index (χ0v) is 15.0. The van der Waals surface area contributed by atoms with Crippen LogP contribution in [-0.2, 0) is 10.5 Å². The Morgan fingerprint density at radius 1 is 1.08 bits per heavy atom. The SMILES string of the molecule is CC(C)C[C@H](NC(=O)CSCc1ccccc1F)c1ccccc1. The maximum Gasteiger partial charge on any atom is 0.230 e. The molecule has 0 heterocycles. The lowest BCUT2D eigenvalue weighted by molar-refractivity contribution is -0.119. The van der Waals surface area contributed by atoms with Crippen molar-refractivity contribution in [3.8, 4) is 0 Å². The van der Waals surface area contributed by atoms with Crippen molar-refractivity contribution in [1.29, 1.82) is 0 Å². The van der Waals surface area contributed by atoms with E-state index in [4.69, 9.17) is 0 Å². The molecule has 1 amide bonds. The van der Waals surface area contributed by atoms with Gasteiger partial charge in [-0.1, -0.05) is 62.4 Å². The number of amides is 1. The van der Waals surface area contributed by atoms with E-state index < -0.39 is 0 Å². The molecule has 0 unspecified atom stereocenters. The quantitative estimate of drug-likeness (QED) is 0.732. The van der Waals surface area contributed by atoms with Crippen LogP contribution in [0.25, 0.3) is 0 Å². The van der Waals surface area contributed by atoms with Crippen LogP contribution in [0.3, 0.4) is 0 Å². The zero-order chi connectivity index (χ0) is 17.4. The molecule has 24 heavy (non-hydrogen) atoms. The van der Waals surface area contributed by atoms with E-state index in [9.17, 15) is 9.18 Å². The van der Waals surface area contributed by atoms with E-state index in [2.05, 4.69) is 19.2 Å². The van der Waals surface area contributed by atoms with Crippen LogP contribution < -0.4 is 5.32 Å². The Morgan fingerprint density at radius 2 is 1.75 bits per heavy atom. The minimum absolute atomic E-state index is 0.00848. The van der Waals surface area contributed by atoms with Crippen LogP contribution in [0.5, 0.6) is 0 Å². The lowest BCUT2D eigenvalue weighted by atomic mass is 9.97. The molecule has 0 spiro atoms. The van der Waals surface area contributed by atoms with E-state index in [-0.39, 0.29) is 17.8 Å². The molecule has 2 nitrogen and oxygen atoms in total. The van der Waals surface area contributed by atoms with Gasteiger partial charge in [-0.05, 0) is 29.5 Å². The summed E-state index contributed by atoms with van der Waals surface area (Å²) in [5.41, 5.74) is 1.76. The fourth-order valence-corrected chi connectivity index (χ4v) is 3.37. The Hall–Kier alpha value is -1.81. The first-order valence-electron chi connectivity index (χ1n) is 8.21. The minimum atomic E-state index is -0.215. The van der Waals surface area contributed by atoms with E-state index >= 15 is 0 Å². The molecule has 0 aromatic heterocycles. The van der Waals surface area contributed by atoms with E-state index in [0.717, 1.165) is 12.0 Å². The summed E-state index contributed by atoms with van der Waals surface area (Å²) in [4.78, 5) is 12.3. The van der Waals surface area contributed by atoms with Gasteiger partial charge in [0.05, 0.1) is 11.8 Å². The molecule has 1 atom stereocenters. The van der Waals surface area contributed by atoms with Crippen molar-refractivity contribution >= 4 is 17.7 Å². The van der Waals surface area contributed by atoms with Crippen LogP contribution >= 0.6 is 11.8 Å². The fourth-order valence-electron chi connectivity index (χ4n) is 2.54. The van der Waals surface area contributed by atoms with Gasteiger partial charge in [0, 0.05) is 5.75 Å². The highest BCUT2D eigenvalue weighted by Gasteiger charge is 2.16. The summed E-state index contributed by atoms with van der Waals surface area (Å²) in [6.07, 6.45) is 0.897. The molecule has 1 N–H and O–H groups in total. The first-order chi connectivity index (χ1) is 11.6. The normalized spacial score (nSPS) is 12.2. The van der Waals surface area contributed by atoms with E-state index in [1.54, 1.807) is 12.1 Å². The summed E-state index contributed by atoms with van der Waals surface area (Å²) < 4.78 is 13.6. The van der Waals surface area contributed by atoms with Crippen molar-refractivity contribution in [2.75, 3.05) is 5.75 Å². The molecule has 0 aliphatic rings. The molecule has 2 aromatic carbocycles. The number of hydrogen-bond donors (Lipinski definition) is 1. The van der Waals surface area contributed by atoms with Crippen LogP contribution in [0.15, 0.2) is 54.6 Å². The first-order valence-corrected chi connectivity index (χ1v) is 9.37. The number of nitrogens with one attached hydrogen (secondary N) is 1. The van der Waals surface area contributed by atoms with Crippen LogP contribution in [0.1, 0.15) is 37.4 Å². The van der Waals surface area contributed by atoms with Gasteiger partial charge in [0.25, 0.3) is 0 Å². The van der Waals surface area contributed by atoms with Crippen LogP contribution in [0, 0.1) is 11.7 Å². The lowest BCUT2D eigenvalue weighted by Crippen LogP contribution is -2.30. The molecule has 2 aromatic rings. The van der Waals surface area contributed by atoms with Gasteiger partial charge in [0.1, 0.15) is 5.82 Å². The summed E-state index contributed by atoms with van der Waals surface area (Å²) in [7, 11) is 0. The number of halogens is 1. The van der Waals surface area contributed by atoms with Gasteiger partial charge in [0.15, 0.2) is 0 Å². The third-order valence-electron chi connectivity index (χ3n) is 3.69. The van der Waals surface area contributed by atoms with Crippen molar-refractivity contribution in [1.82, 2.24) is 5.32 Å². The molecule has 2 rings (SSSR count). The van der Waals surface area contributed by atoms with Crippen LogP contribution in [0.2, 0.25) is 0 Å². The number of carbonyl (C=O) groups is 1. The average Bonchev–Trinajstić information content (AvgIpc) is 2.56. The zero-order valence-electron chi connectivity index (χ0n) is 14.2. The van der Waals surface area contributed by atoms with Gasteiger partial charge in [0.2, 0.25) is 5.91 Å². The smallest absolute Gasteiger partial charge is 0.230 e. The number of thioether (sulfide) groups is 1. The highest BCUT2D eigenvalue weighted by atomic mass is 32.2. The maximum absolute atomic E-state index is 13.6. The van der Waals surface area contributed by atoms with Crippen molar-refractivity contribution in [2.45, 2.75) is 32.1 Å². The maximum atomic E-state index is 13.6. The predicted molar refractivity (Wildman–Crippen MR) is 99.3 cm³/mol. The number of benzene rings is 2. The van der Waals surface area contributed by atoms with E-state index in [1.807, 2.05) is 36.4 Å². The molecule has 0 aliphatic heterocycles. The summed E-state index contributed by atoms with van der Waals surface area (Å²) in [5, 5.41) is 3.11. The Bertz CT molecular complexity index is 645.